The lowest BCUT2D eigenvalue weighted by atomic mass is 10.2. The van der Waals surface area contributed by atoms with Crippen molar-refractivity contribution < 1.29 is 9.53 Å². The van der Waals surface area contributed by atoms with Crippen molar-refractivity contribution in [2.75, 3.05) is 13.7 Å². The van der Waals surface area contributed by atoms with Crippen molar-refractivity contribution in [2.45, 2.75) is 6.54 Å². The molecule has 0 atom stereocenters. The van der Waals surface area contributed by atoms with Crippen LogP contribution in [0.5, 0.6) is 0 Å². The zero-order valence-electron chi connectivity index (χ0n) is 10.8. The molecular weight excluding hydrogens is 280 g/mol. The summed E-state index contributed by atoms with van der Waals surface area (Å²) in [6, 6.07) is 5.18. The van der Waals surface area contributed by atoms with Crippen molar-refractivity contribution in [3.63, 3.8) is 0 Å². The van der Waals surface area contributed by atoms with Gasteiger partial charge in [0.05, 0.1) is 18.0 Å². The Hall–Kier alpha value is -2.03. The minimum absolute atomic E-state index is 0.0398. The maximum atomic E-state index is 12.1. The fourth-order valence-corrected chi connectivity index (χ4v) is 2.34. The molecular formula is C12H14N4O3S. The summed E-state index contributed by atoms with van der Waals surface area (Å²) in [5.74, 6) is 4.46. The van der Waals surface area contributed by atoms with Crippen molar-refractivity contribution in [3.8, 4) is 10.6 Å². The second-order valence-corrected chi connectivity index (χ2v) is 4.86. The summed E-state index contributed by atoms with van der Waals surface area (Å²) in [6.45, 7) is 0.587. The summed E-state index contributed by atoms with van der Waals surface area (Å²) in [5, 5.41) is 6.14. The van der Waals surface area contributed by atoms with Gasteiger partial charge in [-0.05, 0) is 17.5 Å². The number of aromatic nitrogens is 2. The minimum Gasteiger partial charge on any atom is -0.383 e. The quantitative estimate of drug-likeness (QED) is 0.467. The molecule has 8 heteroatoms. The van der Waals surface area contributed by atoms with Crippen molar-refractivity contribution in [3.05, 3.63) is 39.5 Å². The van der Waals surface area contributed by atoms with Gasteiger partial charge in [-0.15, -0.1) is 11.3 Å². The summed E-state index contributed by atoms with van der Waals surface area (Å²) < 4.78 is 6.15. The molecule has 0 saturated carbocycles. The molecule has 2 aromatic heterocycles. The fraction of sp³-hybridized carbons (Fsp3) is 0.250. The fourth-order valence-electron chi connectivity index (χ4n) is 1.66. The van der Waals surface area contributed by atoms with Crippen LogP contribution in [0.25, 0.3) is 10.6 Å². The molecule has 0 radical (unpaired) electrons. The van der Waals surface area contributed by atoms with Crippen LogP contribution in [0.3, 0.4) is 0 Å². The molecule has 0 aliphatic heterocycles. The molecule has 0 bridgehead atoms. The first-order chi connectivity index (χ1) is 9.67. The molecule has 106 valence electrons. The van der Waals surface area contributed by atoms with E-state index in [2.05, 4.69) is 5.10 Å². The highest BCUT2D eigenvalue weighted by atomic mass is 32.1. The highest BCUT2D eigenvalue weighted by Gasteiger charge is 2.15. The van der Waals surface area contributed by atoms with Gasteiger partial charge in [0, 0.05) is 7.11 Å². The van der Waals surface area contributed by atoms with Crippen LogP contribution in [0.1, 0.15) is 10.4 Å². The first-order valence-electron chi connectivity index (χ1n) is 5.83. The van der Waals surface area contributed by atoms with Crippen LogP contribution in [0.2, 0.25) is 0 Å². The van der Waals surface area contributed by atoms with Gasteiger partial charge in [0.25, 0.3) is 11.5 Å². The third-order valence-corrected chi connectivity index (χ3v) is 3.52. The number of hydrogen-bond donors (Lipinski definition) is 2. The Bertz CT molecular complexity index is 651. The normalized spacial score (nSPS) is 10.5. The Balaban J connectivity index is 2.54. The molecule has 20 heavy (non-hydrogen) atoms. The van der Waals surface area contributed by atoms with Crippen molar-refractivity contribution >= 4 is 17.2 Å². The largest absolute Gasteiger partial charge is 0.383 e. The van der Waals surface area contributed by atoms with Gasteiger partial charge in [0.15, 0.2) is 0 Å². The van der Waals surface area contributed by atoms with E-state index in [1.807, 2.05) is 22.9 Å². The van der Waals surface area contributed by atoms with Gasteiger partial charge >= 0.3 is 0 Å². The van der Waals surface area contributed by atoms with Gasteiger partial charge in [0.1, 0.15) is 11.3 Å². The van der Waals surface area contributed by atoms with Gasteiger partial charge in [-0.2, -0.15) is 5.10 Å². The summed E-state index contributed by atoms with van der Waals surface area (Å²) in [6.07, 6.45) is 0. The molecule has 2 heterocycles. The van der Waals surface area contributed by atoms with E-state index in [9.17, 15) is 9.59 Å². The molecule has 1 amide bonds. The van der Waals surface area contributed by atoms with E-state index in [0.717, 1.165) is 4.88 Å². The molecule has 0 saturated heterocycles. The van der Waals surface area contributed by atoms with Crippen molar-refractivity contribution in [1.29, 1.82) is 0 Å². The number of hydrazine groups is 1. The third kappa shape index (κ3) is 2.93. The standard InChI is InChI=1S/C12H14N4O3S/c1-19-5-4-16-12(18)8(11(17)14-13)7-9(15-16)10-3-2-6-20-10/h2-3,6-7H,4-5,13H2,1H3,(H,14,17). The van der Waals surface area contributed by atoms with Crippen LogP contribution in [0, 0.1) is 0 Å². The minimum atomic E-state index is -0.638. The number of amides is 1. The van der Waals surface area contributed by atoms with Crippen molar-refractivity contribution in [1.82, 2.24) is 15.2 Å². The monoisotopic (exact) mass is 294 g/mol. The molecule has 0 unspecified atom stereocenters. The average molecular weight is 294 g/mol. The summed E-state index contributed by atoms with van der Waals surface area (Å²) in [5.41, 5.74) is 1.99. The first kappa shape index (κ1) is 14.4. The highest BCUT2D eigenvalue weighted by Crippen LogP contribution is 2.22. The molecule has 2 rings (SSSR count). The Morgan fingerprint density at radius 1 is 1.60 bits per heavy atom. The number of nitrogens with one attached hydrogen (secondary N) is 1. The number of carbonyl (C=O) groups excluding carboxylic acids is 1. The number of hydrogen-bond acceptors (Lipinski definition) is 6. The number of thiophene rings is 1. The van der Waals surface area contributed by atoms with E-state index in [0.29, 0.717) is 12.3 Å². The van der Waals surface area contributed by atoms with Crippen LogP contribution in [0.4, 0.5) is 0 Å². The molecule has 0 fully saturated rings. The number of ether oxygens (including phenoxy) is 1. The van der Waals surface area contributed by atoms with E-state index < -0.39 is 11.5 Å². The third-order valence-electron chi connectivity index (χ3n) is 2.63. The average Bonchev–Trinajstić information content (AvgIpc) is 2.99. The Kier molecular flexibility index (Phi) is 4.61. The van der Waals surface area contributed by atoms with Gasteiger partial charge in [-0.25, -0.2) is 10.5 Å². The maximum absolute atomic E-state index is 12.1. The second kappa shape index (κ2) is 6.42. The second-order valence-electron chi connectivity index (χ2n) is 3.92. The number of rotatable bonds is 5. The van der Waals surface area contributed by atoms with E-state index in [1.54, 1.807) is 0 Å². The lowest BCUT2D eigenvalue weighted by Gasteiger charge is -2.08. The van der Waals surface area contributed by atoms with Crippen LogP contribution >= 0.6 is 11.3 Å². The molecule has 3 N–H and O–H groups in total. The molecule has 0 aliphatic carbocycles. The molecule has 7 nitrogen and oxygen atoms in total. The molecule has 0 spiro atoms. The summed E-state index contributed by atoms with van der Waals surface area (Å²) in [7, 11) is 1.53. The van der Waals surface area contributed by atoms with Crippen molar-refractivity contribution in [2.24, 2.45) is 5.84 Å². The number of nitrogen functional groups attached to an aromatic ring is 1. The molecule has 0 aromatic carbocycles. The highest BCUT2D eigenvalue weighted by molar-refractivity contribution is 7.13. The van der Waals surface area contributed by atoms with Crippen LogP contribution in [0.15, 0.2) is 28.4 Å². The number of nitrogens with two attached hydrogens (primary N) is 1. The summed E-state index contributed by atoms with van der Waals surface area (Å²) in [4.78, 5) is 24.7. The van der Waals surface area contributed by atoms with E-state index in [4.69, 9.17) is 10.6 Å². The number of nitrogens with zero attached hydrogens (tertiary/aromatic N) is 2. The lowest BCUT2D eigenvalue weighted by Crippen LogP contribution is -2.38. The zero-order chi connectivity index (χ0) is 14.5. The first-order valence-corrected chi connectivity index (χ1v) is 6.71. The SMILES string of the molecule is COCCn1nc(-c2cccs2)cc(C(=O)NN)c1=O. The topological polar surface area (TPSA) is 99.2 Å². The number of carbonyl (C=O) groups is 1. The summed E-state index contributed by atoms with van der Waals surface area (Å²) >= 11 is 1.47. The van der Waals surface area contributed by atoms with Crippen LogP contribution in [-0.2, 0) is 11.3 Å². The Morgan fingerprint density at radius 3 is 3.00 bits per heavy atom. The Morgan fingerprint density at radius 2 is 2.40 bits per heavy atom. The van der Waals surface area contributed by atoms with Crippen LogP contribution in [-0.4, -0.2) is 29.4 Å². The Labute approximate surface area is 119 Å². The zero-order valence-corrected chi connectivity index (χ0v) is 11.6. The molecule has 0 aliphatic rings. The van der Waals surface area contributed by atoms with E-state index >= 15 is 0 Å². The van der Waals surface area contributed by atoms with Crippen LogP contribution < -0.4 is 16.8 Å². The van der Waals surface area contributed by atoms with E-state index in [1.165, 1.54) is 29.2 Å². The van der Waals surface area contributed by atoms with Gasteiger partial charge < -0.3 is 4.74 Å². The maximum Gasteiger partial charge on any atom is 0.279 e. The molecule has 2 aromatic rings. The predicted octanol–water partition coefficient (Wildman–Crippen LogP) is 0.222. The van der Waals surface area contributed by atoms with Gasteiger partial charge in [-0.3, -0.25) is 15.0 Å². The smallest absolute Gasteiger partial charge is 0.279 e. The number of methoxy groups -OCH3 is 1. The van der Waals surface area contributed by atoms with Gasteiger partial charge in [-0.1, -0.05) is 6.07 Å². The van der Waals surface area contributed by atoms with Gasteiger partial charge in [0.2, 0.25) is 0 Å². The van der Waals surface area contributed by atoms with E-state index in [-0.39, 0.29) is 12.1 Å². The lowest BCUT2D eigenvalue weighted by molar-refractivity contribution is 0.0950. The predicted molar refractivity (Wildman–Crippen MR) is 75.3 cm³/mol.